The number of rotatable bonds is 4. The van der Waals surface area contributed by atoms with Crippen LogP contribution in [0.2, 0.25) is 0 Å². The summed E-state index contributed by atoms with van der Waals surface area (Å²) in [6.07, 6.45) is 6.29. The van der Waals surface area contributed by atoms with Gasteiger partial charge in [0.05, 0.1) is 0 Å². The molecule has 1 saturated carbocycles. The van der Waals surface area contributed by atoms with Crippen LogP contribution in [0.3, 0.4) is 0 Å². The van der Waals surface area contributed by atoms with E-state index in [0.717, 1.165) is 32.1 Å². The predicted octanol–water partition coefficient (Wildman–Crippen LogP) is 4.48. The minimum absolute atomic E-state index is 0. The van der Waals surface area contributed by atoms with E-state index in [-0.39, 0.29) is 29.9 Å². The highest BCUT2D eigenvalue weighted by Gasteiger charge is 2.26. The Hall–Kier alpha value is -2.69. The number of nitrogens with zero attached hydrogens (tertiary/aromatic N) is 4. The molecule has 3 N–H and O–H groups in total. The monoisotopic (exact) mass is 443 g/mol. The molecule has 1 aliphatic rings. The highest BCUT2D eigenvalue weighted by Crippen LogP contribution is 2.29. The number of halogens is 2. The van der Waals surface area contributed by atoms with E-state index < -0.39 is 5.60 Å². The number of aromatic nitrogens is 4. The molecule has 6 nitrogen and oxygen atoms in total. The highest BCUT2D eigenvalue weighted by molar-refractivity contribution is 5.86. The first-order valence-corrected chi connectivity index (χ1v) is 10.5. The Bertz CT molecular complexity index is 1130. The van der Waals surface area contributed by atoms with Crippen LogP contribution < -0.4 is 5.73 Å². The molecule has 1 aliphatic carbocycles. The maximum Gasteiger partial charge on any atom is 0.209 e. The van der Waals surface area contributed by atoms with Gasteiger partial charge in [-0.05, 0) is 50.2 Å². The second-order valence-corrected chi connectivity index (χ2v) is 7.90. The SMILES string of the molecule is CCCCn1c(-c2cccc(F)c2)nc2c(N)nc(C#CC3(O)CCCCC3)nc21.Cl. The van der Waals surface area contributed by atoms with Crippen LogP contribution in [0, 0.1) is 17.7 Å². The molecule has 3 aromatic rings. The maximum absolute atomic E-state index is 13.8. The van der Waals surface area contributed by atoms with Gasteiger partial charge in [0.1, 0.15) is 17.2 Å². The van der Waals surface area contributed by atoms with Gasteiger partial charge in [-0.3, -0.25) is 0 Å². The first kappa shape index (κ1) is 23.0. The molecule has 0 saturated heterocycles. The molecule has 0 aliphatic heterocycles. The standard InChI is InChI=1S/C23H26FN5O.ClH/c1-2-3-14-29-21(16-8-7-9-17(24)15-16)28-19-20(25)26-18(27-22(19)29)10-13-23(30)11-5-4-6-12-23;/h7-9,15,30H,2-6,11-12,14H2,1H3,(H2,25,26,27);1H. The van der Waals surface area contributed by atoms with Crippen molar-refractivity contribution in [3.63, 3.8) is 0 Å². The van der Waals surface area contributed by atoms with Crippen LogP contribution in [0.1, 0.15) is 57.7 Å². The summed E-state index contributed by atoms with van der Waals surface area (Å²) in [5.41, 5.74) is 6.92. The number of benzene rings is 1. The van der Waals surface area contributed by atoms with Crippen molar-refractivity contribution in [1.82, 2.24) is 19.5 Å². The van der Waals surface area contributed by atoms with E-state index in [4.69, 9.17) is 5.73 Å². The summed E-state index contributed by atoms with van der Waals surface area (Å²) in [6.45, 7) is 2.78. The molecule has 0 atom stereocenters. The van der Waals surface area contributed by atoms with E-state index in [2.05, 4.69) is 33.7 Å². The molecule has 0 unspecified atom stereocenters. The largest absolute Gasteiger partial charge is 0.382 e. The molecule has 0 bridgehead atoms. The molecule has 0 amide bonds. The van der Waals surface area contributed by atoms with Gasteiger partial charge in [0.25, 0.3) is 0 Å². The third-order valence-corrected chi connectivity index (χ3v) is 5.53. The molecular weight excluding hydrogens is 417 g/mol. The predicted molar refractivity (Wildman–Crippen MR) is 122 cm³/mol. The molecule has 31 heavy (non-hydrogen) atoms. The highest BCUT2D eigenvalue weighted by atomic mass is 35.5. The molecule has 8 heteroatoms. The summed E-state index contributed by atoms with van der Waals surface area (Å²) in [6, 6.07) is 6.33. The third kappa shape index (κ3) is 4.97. The normalized spacial score (nSPS) is 15.2. The number of anilines is 1. The maximum atomic E-state index is 13.8. The van der Waals surface area contributed by atoms with Gasteiger partial charge in [-0.25, -0.2) is 19.3 Å². The Morgan fingerprint density at radius 2 is 1.97 bits per heavy atom. The molecule has 164 valence electrons. The summed E-state index contributed by atoms with van der Waals surface area (Å²) in [7, 11) is 0. The first-order valence-electron chi connectivity index (χ1n) is 10.5. The molecule has 2 heterocycles. The summed E-state index contributed by atoms with van der Waals surface area (Å²) in [4.78, 5) is 13.5. The number of aryl methyl sites for hydroxylation is 1. The van der Waals surface area contributed by atoms with Crippen molar-refractivity contribution in [1.29, 1.82) is 0 Å². The van der Waals surface area contributed by atoms with Gasteiger partial charge in [0.2, 0.25) is 5.82 Å². The fraction of sp³-hybridized carbons (Fsp3) is 0.435. The number of hydrogen-bond donors (Lipinski definition) is 2. The van der Waals surface area contributed by atoms with E-state index in [1.54, 1.807) is 6.07 Å². The summed E-state index contributed by atoms with van der Waals surface area (Å²) in [5.74, 6) is 6.66. The molecule has 0 spiro atoms. The van der Waals surface area contributed by atoms with Gasteiger partial charge in [-0.2, -0.15) is 0 Å². The van der Waals surface area contributed by atoms with Gasteiger partial charge in [-0.15, -0.1) is 12.4 Å². The minimum atomic E-state index is -0.986. The molecule has 1 fully saturated rings. The zero-order chi connectivity index (χ0) is 21.1. The lowest BCUT2D eigenvalue weighted by atomic mass is 9.85. The Labute approximate surface area is 187 Å². The van der Waals surface area contributed by atoms with E-state index in [1.165, 1.54) is 12.1 Å². The summed E-state index contributed by atoms with van der Waals surface area (Å²) < 4.78 is 15.8. The molecule has 4 rings (SSSR count). The van der Waals surface area contributed by atoms with E-state index >= 15 is 0 Å². The van der Waals surface area contributed by atoms with E-state index in [0.29, 0.717) is 41.9 Å². The fourth-order valence-electron chi connectivity index (χ4n) is 3.89. The van der Waals surface area contributed by atoms with E-state index in [1.807, 2.05) is 10.6 Å². The second kappa shape index (κ2) is 9.63. The Morgan fingerprint density at radius 3 is 2.68 bits per heavy atom. The van der Waals surface area contributed by atoms with Crippen molar-refractivity contribution in [2.24, 2.45) is 0 Å². The van der Waals surface area contributed by atoms with Crippen molar-refractivity contribution < 1.29 is 9.50 Å². The Morgan fingerprint density at radius 1 is 1.19 bits per heavy atom. The summed E-state index contributed by atoms with van der Waals surface area (Å²) in [5, 5.41) is 10.7. The number of imidazole rings is 1. The average molecular weight is 444 g/mol. The minimum Gasteiger partial charge on any atom is -0.382 e. The zero-order valence-corrected chi connectivity index (χ0v) is 18.4. The lowest BCUT2D eigenvalue weighted by molar-refractivity contribution is 0.0610. The van der Waals surface area contributed by atoms with Crippen molar-refractivity contribution in [2.75, 3.05) is 5.73 Å². The van der Waals surface area contributed by atoms with Crippen molar-refractivity contribution in [3.05, 3.63) is 35.9 Å². The molecule has 2 aromatic heterocycles. The van der Waals surface area contributed by atoms with Gasteiger partial charge in [0.15, 0.2) is 17.0 Å². The van der Waals surface area contributed by atoms with Gasteiger partial charge in [-0.1, -0.05) is 37.8 Å². The van der Waals surface area contributed by atoms with Crippen LogP contribution in [0.5, 0.6) is 0 Å². The van der Waals surface area contributed by atoms with Crippen LogP contribution in [-0.2, 0) is 6.54 Å². The van der Waals surface area contributed by atoms with Crippen molar-refractivity contribution >= 4 is 29.4 Å². The van der Waals surface area contributed by atoms with Crippen LogP contribution >= 0.6 is 12.4 Å². The molecule has 1 aromatic carbocycles. The molecular formula is C23H27ClFN5O. The quantitative estimate of drug-likeness (QED) is 0.580. The number of aliphatic hydroxyl groups is 1. The smallest absolute Gasteiger partial charge is 0.209 e. The van der Waals surface area contributed by atoms with Crippen molar-refractivity contribution in [2.45, 2.75) is 64.0 Å². The van der Waals surface area contributed by atoms with E-state index in [9.17, 15) is 9.50 Å². The lowest BCUT2D eigenvalue weighted by Crippen LogP contribution is -2.29. The van der Waals surface area contributed by atoms with Gasteiger partial charge in [0, 0.05) is 12.1 Å². The number of nitrogen functional groups attached to an aromatic ring is 1. The van der Waals surface area contributed by atoms with Gasteiger partial charge < -0.3 is 15.4 Å². The van der Waals surface area contributed by atoms with Crippen LogP contribution in [0.15, 0.2) is 24.3 Å². The third-order valence-electron chi connectivity index (χ3n) is 5.53. The number of unbranched alkanes of at least 4 members (excludes halogenated alkanes) is 1. The fourth-order valence-corrected chi connectivity index (χ4v) is 3.89. The Kier molecular flexibility index (Phi) is 7.14. The van der Waals surface area contributed by atoms with Crippen LogP contribution in [-0.4, -0.2) is 30.2 Å². The van der Waals surface area contributed by atoms with Crippen molar-refractivity contribution in [3.8, 4) is 23.2 Å². The summed E-state index contributed by atoms with van der Waals surface area (Å²) >= 11 is 0. The topological polar surface area (TPSA) is 89.9 Å². The number of fused-ring (bicyclic) bond motifs is 1. The van der Waals surface area contributed by atoms with Crippen LogP contribution in [0.4, 0.5) is 10.2 Å². The van der Waals surface area contributed by atoms with Crippen LogP contribution in [0.25, 0.3) is 22.6 Å². The first-order chi connectivity index (χ1) is 14.5. The lowest BCUT2D eigenvalue weighted by Gasteiger charge is -2.26. The zero-order valence-electron chi connectivity index (χ0n) is 17.6. The molecule has 0 radical (unpaired) electrons. The van der Waals surface area contributed by atoms with Gasteiger partial charge >= 0.3 is 0 Å². The Balaban J connectivity index is 0.00000272. The average Bonchev–Trinajstić information content (AvgIpc) is 3.10. The number of hydrogen-bond acceptors (Lipinski definition) is 5. The second-order valence-electron chi connectivity index (χ2n) is 7.90. The number of nitrogens with two attached hydrogens (primary N) is 1.